The number of amides is 1. The third-order valence-electron chi connectivity index (χ3n) is 5.02. The van der Waals surface area contributed by atoms with Gasteiger partial charge in [-0.05, 0) is 51.3 Å². The molecule has 0 atom stereocenters. The van der Waals surface area contributed by atoms with Crippen molar-refractivity contribution in [2.45, 2.75) is 18.1 Å². The lowest BCUT2D eigenvalue weighted by atomic mass is 10.2. The van der Waals surface area contributed by atoms with E-state index in [1.165, 1.54) is 35.2 Å². The predicted molar refractivity (Wildman–Crippen MR) is 136 cm³/mol. The Morgan fingerprint density at radius 1 is 1.18 bits per heavy atom. The summed E-state index contributed by atoms with van der Waals surface area (Å²) in [5.41, 5.74) is 1.75. The number of hydrogen-bond donors (Lipinski definition) is 1. The van der Waals surface area contributed by atoms with Crippen molar-refractivity contribution in [3.05, 3.63) is 70.1 Å². The number of thioether (sulfide) groups is 1. The van der Waals surface area contributed by atoms with Crippen LogP contribution in [0.1, 0.15) is 6.42 Å². The minimum Gasteiger partial charge on any atom is -0.309 e. The zero-order valence-corrected chi connectivity index (χ0v) is 20.5. The molecule has 10 heteroatoms. The van der Waals surface area contributed by atoms with Crippen molar-refractivity contribution in [3.8, 4) is 11.3 Å². The maximum absolute atomic E-state index is 13.5. The normalized spacial score (nSPS) is 11.3. The molecule has 0 saturated heterocycles. The first-order valence-electron chi connectivity index (χ1n) is 10.7. The van der Waals surface area contributed by atoms with Crippen molar-refractivity contribution in [1.29, 1.82) is 0 Å². The minimum absolute atomic E-state index is 0.0767. The predicted octanol–water partition coefficient (Wildman–Crippen LogP) is 4.34. The second-order valence-corrected chi connectivity index (χ2v) is 9.71. The molecular weight excluding hydrogens is 473 g/mol. The SMILES string of the molecule is CN(C)CCCn1c(SCC(=O)Nc2nc(-c3cccc(F)c3)cs2)nc2ccccc2c1=O. The Balaban J connectivity index is 1.47. The highest BCUT2D eigenvalue weighted by Gasteiger charge is 2.14. The number of fused-ring (bicyclic) bond motifs is 1. The van der Waals surface area contributed by atoms with Gasteiger partial charge in [0, 0.05) is 17.5 Å². The van der Waals surface area contributed by atoms with Gasteiger partial charge in [0.25, 0.3) is 5.56 Å². The van der Waals surface area contributed by atoms with E-state index < -0.39 is 0 Å². The van der Waals surface area contributed by atoms with Gasteiger partial charge < -0.3 is 10.2 Å². The van der Waals surface area contributed by atoms with Gasteiger partial charge in [0.2, 0.25) is 5.91 Å². The second kappa shape index (κ2) is 10.9. The summed E-state index contributed by atoms with van der Waals surface area (Å²) in [4.78, 5) is 36.8. The molecule has 4 rings (SSSR count). The van der Waals surface area contributed by atoms with Crippen LogP contribution in [-0.2, 0) is 11.3 Å². The maximum Gasteiger partial charge on any atom is 0.262 e. The molecule has 0 aliphatic heterocycles. The van der Waals surface area contributed by atoms with Crippen LogP contribution in [0.5, 0.6) is 0 Å². The molecule has 1 amide bonds. The first-order valence-corrected chi connectivity index (χ1v) is 12.6. The number of carbonyl (C=O) groups excluding carboxylic acids is 1. The third-order valence-corrected chi connectivity index (χ3v) is 6.75. The van der Waals surface area contributed by atoms with E-state index in [1.54, 1.807) is 34.2 Å². The fraction of sp³-hybridized carbons (Fsp3) is 0.250. The van der Waals surface area contributed by atoms with Crippen LogP contribution in [0.15, 0.2) is 63.9 Å². The lowest BCUT2D eigenvalue weighted by molar-refractivity contribution is -0.113. The molecule has 1 N–H and O–H groups in total. The van der Waals surface area contributed by atoms with Crippen molar-refractivity contribution in [1.82, 2.24) is 19.4 Å². The fourth-order valence-corrected chi connectivity index (χ4v) is 4.96. The number of nitrogens with one attached hydrogen (secondary N) is 1. The van der Waals surface area contributed by atoms with Crippen molar-refractivity contribution in [2.24, 2.45) is 0 Å². The summed E-state index contributed by atoms with van der Waals surface area (Å²) in [6.07, 6.45) is 0.786. The number of hydrogen-bond acceptors (Lipinski definition) is 7. The Bertz CT molecular complexity index is 1370. The van der Waals surface area contributed by atoms with Crippen LogP contribution in [0.4, 0.5) is 9.52 Å². The topological polar surface area (TPSA) is 80.1 Å². The van der Waals surface area contributed by atoms with E-state index >= 15 is 0 Å². The van der Waals surface area contributed by atoms with Crippen molar-refractivity contribution < 1.29 is 9.18 Å². The summed E-state index contributed by atoms with van der Waals surface area (Å²) >= 11 is 2.49. The lowest BCUT2D eigenvalue weighted by Gasteiger charge is -2.14. The number of halogens is 1. The number of carbonyl (C=O) groups is 1. The Morgan fingerprint density at radius 3 is 2.79 bits per heavy atom. The van der Waals surface area contributed by atoms with Gasteiger partial charge in [-0.2, -0.15) is 0 Å². The lowest BCUT2D eigenvalue weighted by Crippen LogP contribution is -2.26. The number of anilines is 1. The molecule has 0 bridgehead atoms. The number of nitrogens with zero attached hydrogens (tertiary/aromatic N) is 4. The molecule has 2 aromatic carbocycles. The highest BCUT2D eigenvalue weighted by atomic mass is 32.2. The largest absolute Gasteiger partial charge is 0.309 e. The fourth-order valence-electron chi connectivity index (χ4n) is 3.40. The highest BCUT2D eigenvalue weighted by Crippen LogP contribution is 2.26. The Kier molecular flexibility index (Phi) is 7.71. The molecule has 0 aliphatic rings. The summed E-state index contributed by atoms with van der Waals surface area (Å²) in [6.45, 7) is 1.35. The van der Waals surface area contributed by atoms with E-state index in [0.29, 0.717) is 39.0 Å². The first kappa shape index (κ1) is 24.1. The highest BCUT2D eigenvalue weighted by molar-refractivity contribution is 7.99. The molecule has 0 fully saturated rings. The Hall–Kier alpha value is -3.08. The van der Waals surface area contributed by atoms with E-state index in [1.807, 2.05) is 26.2 Å². The van der Waals surface area contributed by atoms with Gasteiger partial charge in [-0.1, -0.05) is 36.0 Å². The van der Waals surface area contributed by atoms with Crippen LogP contribution in [0.25, 0.3) is 22.2 Å². The van der Waals surface area contributed by atoms with E-state index in [4.69, 9.17) is 0 Å². The standard InChI is InChI=1S/C24H24FN5O2S2/c1-29(2)11-6-12-30-22(32)18-9-3-4-10-19(18)27-24(30)34-15-21(31)28-23-26-20(14-33-23)16-7-5-8-17(25)13-16/h3-5,7-10,13-14H,6,11-12,15H2,1-2H3,(H,26,28,31). The van der Waals surface area contributed by atoms with Crippen molar-refractivity contribution >= 4 is 45.0 Å². The molecule has 0 radical (unpaired) electrons. The smallest absolute Gasteiger partial charge is 0.262 e. The van der Waals surface area contributed by atoms with Crippen LogP contribution in [0.2, 0.25) is 0 Å². The zero-order chi connectivity index (χ0) is 24.1. The van der Waals surface area contributed by atoms with Crippen LogP contribution >= 0.6 is 23.1 Å². The molecule has 0 aliphatic carbocycles. The molecule has 0 saturated carbocycles. The summed E-state index contributed by atoms with van der Waals surface area (Å²) in [6, 6.07) is 13.4. The number of benzene rings is 2. The molecule has 7 nitrogen and oxygen atoms in total. The minimum atomic E-state index is -0.341. The number of aromatic nitrogens is 3. The number of thiazole rings is 1. The Morgan fingerprint density at radius 2 is 2.00 bits per heavy atom. The van der Waals surface area contributed by atoms with Crippen LogP contribution in [0.3, 0.4) is 0 Å². The second-order valence-electron chi connectivity index (χ2n) is 7.91. The van der Waals surface area contributed by atoms with E-state index in [0.717, 1.165) is 13.0 Å². The zero-order valence-electron chi connectivity index (χ0n) is 18.8. The quantitative estimate of drug-likeness (QED) is 0.274. The van der Waals surface area contributed by atoms with E-state index in [2.05, 4.69) is 20.2 Å². The summed E-state index contributed by atoms with van der Waals surface area (Å²) in [7, 11) is 3.97. The maximum atomic E-state index is 13.5. The summed E-state index contributed by atoms with van der Waals surface area (Å²) < 4.78 is 15.1. The van der Waals surface area contributed by atoms with Crippen LogP contribution < -0.4 is 10.9 Å². The molecule has 2 heterocycles. The summed E-state index contributed by atoms with van der Waals surface area (Å²) in [5, 5.41) is 6.05. The van der Waals surface area contributed by atoms with Gasteiger partial charge in [-0.15, -0.1) is 11.3 Å². The van der Waals surface area contributed by atoms with Gasteiger partial charge >= 0.3 is 0 Å². The van der Waals surface area contributed by atoms with Crippen LogP contribution in [0, 0.1) is 5.82 Å². The first-order chi connectivity index (χ1) is 16.4. The summed E-state index contributed by atoms with van der Waals surface area (Å²) in [5.74, 6) is -0.521. The average molecular weight is 498 g/mol. The van der Waals surface area contributed by atoms with Gasteiger partial charge in [-0.3, -0.25) is 14.2 Å². The van der Waals surface area contributed by atoms with Gasteiger partial charge in [0.15, 0.2) is 10.3 Å². The molecule has 0 spiro atoms. The van der Waals surface area contributed by atoms with E-state index in [-0.39, 0.29) is 23.0 Å². The van der Waals surface area contributed by atoms with Gasteiger partial charge in [-0.25, -0.2) is 14.4 Å². The molecule has 4 aromatic rings. The monoisotopic (exact) mass is 497 g/mol. The van der Waals surface area contributed by atoms with Crippen molar-refractivity contribution in [3.63, 3.8) is 0 Å². The van der Waals surface area contributed by atoms with Crippen molar-refractivity contribution in [2.75, 3.05) is 31.7 Å². The number of rotatable bonds is 9. The molecule has 2 aromatic heterocycles. The molecule has 34 heavy (non-hydrogen) atoms. The Labute approximate surface area is 204 Å². The van der Waals surface area contributed by atoms with Gasteiger partial charge in [0.1, 0.15) is 5.82 Å². The molecule has 176 valence electrons. The molecule has 0 unspecified atom stereocenters. The average Bonchev–Trinajstić information content (AvgIpc) is 3.27. The third kappa shape index (κ3) is 5.88. The van der Waals surface area contributed by atoms with Crippen LogP contribution in [-0.4, -0.2) is 51.7 Å². The van der Waals surface area contributed by atoms with E-state index in [9.17, 15) is 14.0 Å². The molecular formula is C24H24FN5O2S2. The van der Waals surface area contributed by atoms with Gasteiger partial charge in [0.05, 0.1) is 22.3 Å². The number of para-hydroxylation sites is 1.